The number of hydrogen-bond acceptors (Lipinski definition) is 6. The smallest absolute Gasteiger partial charge is 0.300 e. The Balaban J connectivity index is 2.01. The summed E-state index contributed by atoms with van der Waals surface area (Å²) in [6.07, 6.45) is 0. The minimum Gasteiger partial charge on any atom is -0.507 e. The lowest BCUT2D eigenvalue weighted by Gasteiger charge is -2.26. The maximum Gasteiger partial charge on any atom is 0.300 e. The lowest BCUT2D eigenvalue weighted by atomic mass is 9.94. The fraction of sp³-hybridized carbons (Fsp3) is 0.185. The van der Waals surface area contributed by atoms with Gasteiger partial charge in [-0.05, 0) is 67.4 Å². The summed E-state index contributed by atoms with van der Waals surface area (Å²) in [7, 11) is 1.34. The highest BCUT2D eigenvalue weighted by Gasteiger charge is 2.47. The molecule has 0 aromatic heterocycles. The molecule has 0 spiro atoms. The molecule has 0 aliphatic carbocycles. The van der Waals surface area contributed by atoms with Crippen molar-refractivity contribution in [1.82, 2.24) is 0 Å². The number of ether oxygens (including phenoxy) is 2. The fourth-order valence-electron chi connectivity index (χ4n) is 4.13. The van der Waals surface area contributed by atoms with Crippen LogP contribution in [0.1, 0.15) is 29.7 Å². The van der Waals surface area contributed by atoms with Crippen LogP contribution < -0.4 is 14.4 Å². The number of aromatic hydroxyl groups is 1. The van der Waals surface area contributed by atoms with Crippen molar-refractivity contribution >= 4 is 34.7 Å². The van der Waals surface area contributed by atoms with Gasteiger partial charge in [-0.2, -0.15) is 0 Å². The van der Waals surface area contributed by atoms with Crippen LogP contribution in [0, 0.1) is 12.7 Å². The van der Waals surface area contributed by atoms with Crippen LogP contribution in [0.3, 0.4) is 0 Å². The third-order valence-electron chi connectivity index (χ3n) is 5.89. The number of hydrogen-bond donors (Lipinski definition) is 2. The molecule has 1 atom stereocenters. The van der Waals surface area contributed by atoms with Gasteiger partial charge in [0.25, 0.3) is 11.7 Å². The monoisotopic (exact) mass is 511 g/mol. The van der Waals surface area contributed by atoms with Crippen LogP contribution in [-0.4, -0.2) is 35.6 Å². The Hall–Kier alpha value is -4.04. The average molecular weight is 512 g/mol. The number of Topliss-reactive ketones (excluding diaryl/α,β-unsaturated/α-hetero) is 1. The van der Waals surface area contributed by atoms with Crippen molar-refractivity contribution in [1.29, 1.82) is 0 Å². The van der Waals surface area contributed by atoms with Gasteiger partial charge in [0.2, 0.25) is 0 Å². The summed E-state index contributed by atoms with van der Waals surface area (Å²) >= 11 is 6.31. The Morgan fingerprint density at radius 1 is 1.08 bits per heavy atom. The number of halogens is 2. The third-order valence-corrected chi connectivity index (χ3v) is 6.30. The molecule has 1 fully saturated rings. The van der Waals surface area contributed by atoms with Gasteiger partial charge in [0.15, 0.2) is 11.5 Å². The molecule has 3 aromatic rings. The Labute approximate surface area is 212 Å². The highest BCUT2D eigenvalue weighted by molar-refractivity contribution is 6.52. The zero-order valence-electron chi connectivity index (χ0n) is 19.7. The average Bonchev–Trinajstić information content (AvgIpc) is 3.12. The lowest BCUT2D eigenvalue weighted by molar-refractivity contribution is -0.132. The third kappa shape index (κ3) is 4.35. The number of methoxy groups -OCH3 is 1. The van der Waals surface area contributed by atoms with Crippen LogP contribution in [0.15, 0.2) is 60.2 Å². The molecule has 0 bridgehead atoms. The van der Waals surface area contributed by atoms with Crippen molar-refractivity contribution in [2.24, 2.45) is 0 Å². The molecule has 9 heteroatoms. The number of anilines is 1. The van der Waals surface area contributed by atoms with E-state index < -0.39 is 29.3 Å². The molecule has 7 nitrogen and oxygen atoms in total. The molecule has 1 unspecified atom stereocenters. The van der Waals surface area contributed by atoms with E-state index in [1.807, 2.05) is 0 Å². The number of aliphatic hydroxyl groups excluding tert-OH is 1. The normalized spacial score (nSPS) is 16.9. The van der Waals surface area contributed by atoms with E-state index in [0.29, 0.717) is 16.3 Å². The molecular weight excluding hydrogens is 489 g/mol. The first-order valence-electron chi connectivity index (χ1n) is 11.0. The molecular formula is C27H23ClFNO6. The van der Waals surface area contributed by atoms with E-state index >= 15 is 0 Å². The number of carbonyl (C=O) groups is 2. The highest BCUT2D eigenvalue weighted by atomic mass is 35.5. The summed E-state index contributed by atoms with van der Waals surface area (Å²) in [5.41, 5.74) is 1.07. The SMILES string of the molecule is CCOc1cc(C2/C(=C(\O)c3cc(F)ccc3OC)C(=O)C(=O)N2c2ccc(C)c(Cl)c2)ccc1O. The van der Waals surface area contributed by atoms with Crippen molar-refractivity contribution in [3.63, 3.8) is 0 Å². The van der Waals surface area contributed by atoms with Gasteiger partial charge < -0.3 is 19.7 Å². The molecule has 1 aliphatic heterocycles. The van der Waals surface area contributed by atoms with Crippen LogP contribution in [0.5, 0.6) is 17.2 Å². The highest BCUT2D eigenvalue weighted by Crippen LogP contribution is 2.45. The molecule has 36 heavy (non-hydrogen) atoms. The quantitative estimate of drug-likeness (QED) is 0.257. The molecule has 0 radical (unpaired) electrons. The zero-order chi connectivity index (χ0) is 26.1. The number of aryl methyl sites for hydroxylation is 1. The summed E-state index contributed by atoms with van der Waals surface area (Å²) in [4.78, 5) is 27.9. The van der Waals surface area contributed by atoms with Gasteiger partial charge in [-0.1, -0.05) is 23.7 Å². The standard InChI is InChI=1S/C27H23ClFNO6/c1-4-36-22-11-15(6-9-20(22)31)24-23(25(32)18-12-16(29)7-10-21(18)35-3)26(33)27(34)30(24)17-8-5-14(2)19(28)13-17/h5-13,24,31-32H,4H2,1-3H3/b25-23+. The van der Waals surface area contributed by atoms with E-state index in [2.05, 4.69) is 0 Å². The number of carbonyl (C=O) groups excluding carboxylic acids is 2. The molecule has 0 saturated carbocycles. The fourth-order valence-corrected chi connectivity index (χ4v) is 4.30. The van der Waals surface area contributed by atoms with Gasteiger partial charge in [0.1, 0.15) is 17.3 Å². The number of phenolic OH excluding ortho intramolecular Hbond substituents is 1. The summed E-state index contributed by atoms with van der Waals surface area (Å²) < 4.78 is 24.9. The van der Waals surface area contributed by atoms with E-state index in [0.717, 1.165) is 17.7 Å². The minimum absolute atomic E-state index is 0.0914. The first-order valence-corrected chi connectivity index (χ1v) is 11.4. The molecule has 1 aliphatic rings. The molecule has 1 heterocycles. The van der Waals surface area contributed by atoms with Crippen LogP contribution in [0.2, 0.25) is 5.02 Å². The number of phenols is 1. The van der Waals surface area contributed by atoms with Crippen molar-refractivity contribution in [2.45, 2.75) is 19.9 Å². The number of nitrogens with zero attached hydrogens (tertiary/aromatic N) is 1. The second kappa shape index (κ2) is 9.91. The van der Waals surface area contributed by atoms with Crippen LogP contribution in [0.4, 0.5) is 10.1 Å². The molecule has 4 rings (SSSR count). The van der Waals surface area contributed by atoms with E-state index in [1.54, 1.807) is 32.0 Å². The predicted octanol–water partition coefficient (Wildman–Crippen LogP) is 5.53. The van der Waals surface area contributed by atoms with Crippen molar-refractivity contribution in [2.75, 3.05) is 18.6 Å². The Morgan fingerprint density at radius 2 is 1.83 bits per heavy atom. The second-order valence-electron chi connectivity index (χ2n) is 8.11. The Kier molecular flexibility index (Phi) is 6.90. The maximum absolute atomic E-state index is 14.1. The molecule has 2 N–H and O–H groups in total. The number of benzene rings is 3. The summed E-state index contributed by atoms with van der Waals surface area (Å²) in [6.45, 7) is 3.79. The topological polar surface area (TPSA) is 96.3 Å². The van der Waals surface area contributed by atoms with E-state index in [-0.39, 0.29) is 35.0 Å². The lowest BCUT2D eigenvalue weighted by Crippen LogP contribution is -2.29. The van der Waals surface area contributed by atoms with Gasteiger partial charge in [-0.3, -0.25) is 14.5 Å². The van der Waals surface area contributed by atoms with Crippen LogP contribution >= 0.6 is 11.6 Å². The molecule has 186 valence electrons. The molecule has 3 aromatic carbocycles. The largest absolute Gasteiger partial charge is 0.507 e. The second-order valence-corrected chi connectivity index (χ2v) is 8.51. The van der Waals surface area contributed by atoms with E-state index in [9.17, 15) is 24.2 Å². The minimum atomic E-state index is -1.14. The van der Waals surface area contributed by atoms with Gasteiger partial charge in [-0.15, -0.1) is 0 Å². The van der Waals surface area contributed by atoms with Crippen molar-refractivity contribution in [3.05, 3.63) is 87.7 Å². The molecule has 1 amide bonds. The summed E-state index contributed by atoms with van der Waals surface area (Å²) in [5, 5.41) is 21.9. The van der Waals surface area contributed by atoms with Crippen molar-refractivity contribution < 1.29 is 33.7 Å². The van der Waals surface area contributed by atoms with Crippen LogP contribution in [0.25, 0.3) is 5.76 Å². The molecule has 1 saturated heterocycles. The zero-order valence-corrected chi connectivity index (χ0v) is 20.5. The van der Waals surface area contributed by atoms with Gasteiger partial charge >= 0.3 is 0 Å². The summed E-state index contributed by atoms with van der Waals surface area (Å²) in [6, 6.07) is 11.6. The van der Waals surface area contributed by atoms with E-state index in [1.165, 1.54) is 36.3 Å². The van der Waals surface area contributed by atoms with Gasteiger partial charge in [-0.25, -0.2) is 4.39 Å². The maximum atomic E-state index is 14.1. The number of ketones is 1. The van der Waals surface area contributed by atoms with Gasteiger partial charge in [0, 0.05) is 10.7 Å². The Morgan fingerprint density at radius 3 is 2.50 bits per heavy atom. The summed E-state index contributed by atoms with van der Waals surface area (Å²) in [5.74, 6) is -3.07. The number of aliphatic hydroxyl groups is 1. The number of amides is 1. The first kappa shape index (κ1) is 25.1. The number of rotatable bonds is 6. The predicted molar refractivity (Wildman–Crippen MR) is 133 cm³/mol. The van der Waals surface area contributed by atoms with Gasteiger partial charge in [0.05, 0.1) is 30.9 Å². The first-order chi connectivity index (χ1) is 17.2. The van der Waals surface area contributed by atoms with Crippen LogP contribution in [-0.2, 0) is 9.59 Å². The van der Waals surface area contributed by atoms with E-state index in [4.69, 9.17) is 21.1 Å². The van der Waals surface area contributed by atoms with Crippen molar-refractivity contribution in [3.8, 4) is 17.2 Å². The Bertz CT molecular complexity index is 1400.